The molecule has 0 aliphatic heterocycles. The van der Waals surface area contributed by atoms with Gasteiger partial charge in [-0.25, -0.2) is 9.59 Å². The normalized spacial score (nSPS) is 11.9. The molecule has 0 spiro atoms. The molecule has 0 aliphatic rings. The molecular formula is C11H22N2O5. The first-order valence-corrected chi connectivity index (χ1v) is 6.06. The number of carboxylic acids is 1. The molecule has 0 aliphatic carbocycles. The Morgan fingerprint density at radius 3 is 2.17 bits per heavy atom. The lowest BCUT2D eigenvalue weighted by Gasteiger charge is -2.23. The van der Waals surface area contributed by atoms with Crippen LogP contribution in [0.25, 0.3) is 0 Å². The summed E-state index contributed by atoms with van der Waals surface area (Å²) in [4.78, 5) is 23.9. The molecule has 0 unspecified atom stereocenters. The molecule has 1 atom stereocenters. The number of aliphatic hydroxyl groups is 2. The van der Waals surface area contributed by atoms with Crippen LogP contribution in [0.5, 0.6) is 0 Å². The van der Waals surface area contributed by atoms with E-state index in [1.165, 1.54) is 4.90 Å². The van der Waals surface area contributed by atoms with Gasteiger partial charge in [-0.2, -0.15) is 0 Å². The smallest absolute Gasteiger partial charge is 0.326 e. The van der Waals surface area contributed by atoms with E-state index >= 15 is 0 Å². The average molecular weight is 262 g/mol. The highest BCUT2D eigenvalue weighted by Gasteiger charge is 2.22. The Kier molecular flexibility index (Phi) is 8.95. The third-order valence-corrected chi connectivity index (χ3v) is 2.47. The molecule has 7 nitrogen and oxygen atoms in total. The van der Waals surface area contributed by atoms with Gasteiger partial charge in [-0.1, -0.05) is 19.8 Å². The molecule has 0 fully saturated rings. The number of carbonyl (C=O) groups is 2. The third kappa shape index (κ3) is 6.41. The summed E-state index contributed by atoms with van der Waals surface area (Å²) in [7, 11) is 0. The zero-order chi connectivity index (χ0) is 14.0. The molecule has 0 saturated carbocycles. The van der Waals surface area contributed by atoms with E-state index in [2.05, 4.69) is 5.32 Å². The highest BCUT2D eigenvalue weighted by molar-refractivity contribution is 5.82. The highest BCUT2D eigenvalue weighted by atomic mass is 16.4. The third-order valence-electron chi connectivity index (χ3n) is 2.47. The van der Waals surface area contributed by atoms with Crippen LogP contribution in [0.1, 0.15) is 26.2 Å². The Hall–Kier alpha value is -1.34. The van der Waals surface area contributed by atoms with Crippen molar-refractivity contribution in [2.24, 2.45) is 0 Å². The molecule has 0 rings (SSSR count). The summed E-state index contributed by atoms with van der Waals surface area (Å²) >= 11 is 0. The zero-order valence-corrected chi connectivity index (χ0v) is 10.6. The standard InChI is InChI=1S/C11H22N2O5/c1-2-3-4-9(10(16)17)12-11(18)13(5-7-14)6-8-15/h9,14-15H,2-8H2,1H3,(H,12,18)(H,16,17)/t9-/m0/s1. The van der Waals surface area contributed by atoms with E-state index in [1.807, 2.05) is 6.92 Å². The minimum absolute atomic E-state index is 0.0620. The maximum atomic E-state index is 11.7. The quantitative estimate of drug-likeness (QED) is 0.453. The van der Waals surface area contributed by atoms with Gasteiger partial charge in [0.25, 0.3) is 0 Å². The van der Waals surface area contributed by atoms with Crippen LogP contribution in [0, 0.1) is 0 Å². The number of unbranched alkanes of at least 4 members (excludes halogenated alkanes) is 1. The predicted molar refractivity (Wildman–Crippen MR) is 65.2 cm³/mol. The number of aliphatic carboxylic acids is 1. The largest absolute Gasteiger partial charge is 0.480 e. The monoisotopic (exact) mass is 262 g/mol. The lowest BCUT2D eigenvalue weighted by Crippen LogP contribution is -2.49. The summed E-state index contributed by atoms with van der Waals surface area (Å²) < 4.78 is 0. The minimum Gasteiger partial charge on any atom is -0.480 e. The van der Waals surface area contributed by atoms with Crippen LogP contribution in [-0.4, -0.2) is 64.6 Å². The van der Waals surface area contributed by atoms with Gasteiger partial charge in [0.15, 0.2) is 0 Å². The Morgan fingerprint density at radius 2 is 1.78 bits per heavy atom. The molecule has 4 N–H and O–H groups in total. The number of rotatable bonds is 9. The van der Waals surface area contributed by atoms with Crippen LogP contribution in [0.3, 0.4) is 0 Å². The summed E-state index contributed by atoms with van der Waals surface area (Å²) in [5.41, 5.74) is 0. The van der Waals surface area contributed by atoms with Crippen LogP contribution in [0.2, 0.25) is 0 Å². The Labute approximate surface area is 106 Å². The summed E-state index contributed by atoms with van der Waals surface area (Å²) in [5.74, 6) is -1.08. The van der Waals surface area contributed by atoms with Crippen LogP contribution in [-0.2, 0) is 4.79 Å². The molecule has 18 heavy (non-hydrogen) atoms. The van der Waals surface area contributed by atoms with Crippen molar-refractivity contribution in [2.45, 2.75) is 32.2 Å². The van der Waals surface area contributed by atoms with Crippen molar-refractivity contribution in [3.05, 3.63) is 0 Å². The minimum atomic E-state index is -1.08. The Balaban J connectivity index is 4.39. The first-order chi connectivity index (χ1) is 8.56. The average Bonchev–Trinajstić information content (AvgIpc) is 2.33. The van der Waals surface area contributed by atoms with E-state index in [-0.39, 0.29) is 26.3 Å². The van der Waals surface area contributed by atoms with Crippen LogP contribution in [0.4, 0.5) is 4.79 Å². The van der Waals surface area contributed by atoms with E-state index in [0.29, 0.717) is 12.8 Å². The van der Waals surface area contributed by atoms with Crippen LogP contribution in [0.15, 0.2) is 0 Å². The number of urea groups is 1. The van der Waals surface area contributed by atoms with Gasteiger partial charge in [-0.05, 0) is 6.42 Å². The fourth-order valence-electron chi connectivity index (χ4n) is 1.46. The number of nitrogens with zero attached hydrogens (tertiary/aromatic N) is 1. The van der Waals surface area contributed by atoms with Crippen molar-refractivity contribution in [2.75, 3.05) is 26.3 Å². The molecule has 0 aromatic heterocycles. The van der Waals surface area contributed by atoms with Crippen molar-refractivity contribution >= 4 is 12.0 Å². The molecule has 0 radical (unpaired) electrons. The summed E-state index contributed by atoms with van der Waals surface area (Å²) in [6, 6.07) is -1.51. The second-order valence-corrected chi connectivity index (χ2v) is 3.92. The number of carbonyl (C=O) groups excluding carboxylic acids is 1. The molecule has 0 saturated heterocycles. The highest BCUT2D eigenvalue weighted by Crippen LogP contribution is 2.02. The van der Waals surface area contributed by atoms with Gasteiger partial charge in [0.2, 0.25) is 0 Å². The van der Waals surface area contributed by atoms with Crippen LogP contribution < -0.4 is 5.32 Å². The van der Waals surface area contributed by atoms with E-state index in [0.717, 1.165) is 6.42 Å². The van der Waals surface area contributed by atoms with Gasteiger partial charge >= 0.3 is 12.0 Å². The molecule has 0 heterocycles. The SMILES string of the molecule is CCCC[C@H](NC(=O)N(CCO)CCO)C(=O)O. The van der Waals surface area contributed by atoms with Gasteiger partial charge in [0, 0.05) is 13.1 Å². The second-order valence-electron chi connectivity index (χ2n) is 3.92. The first kappa shape index (κ1) is 16.7. The van der Waals surface area contributed by atoms with E-state index < -0.39 is 18.0 Å². The molecule has 0 aromatic carbocycles. The number of amides is 2. The summed E-state index contributed by atoms with van der Waals surface area (Å²) in [6.07, 6.45) is 1.91. The molecule has 7 heteroatoms. The maximum absolute atomic E-state index is 11.7. The van der Waals surface area contributed by atoms with Crippen molar-refractivity contribution in [3.63, 3.8) is 0 Å². The number of hydrogen-bond acceptors (Lipinski definition) is 4. The van der Waals surface area contributed by atoms with Crippen molar-refractivity contribution in [3.8, 4) is 0 Å². The van der Waals surface area contributed by atoms with Gasteiger partial charge in [0.1, 0.15) is 6.04 Å². The number of carboxylic acid groups (broad SMARTS) is 1. The molecule has 106 valence electrons. The molecule has 0 aromatic rings. The maximum Gasteiger partial charge on any atom is 0.326 e. The number of nitrogens with one attached hydrogen (secondary N) is 1. The summed E-state index contributed by atoms with van der Waals surface area (Å²) in [6.45, 7) is 1.59. The lowest BCUT2D eigenvalue weighted by atomic mass is 10.1. The lowest BCUT2D eigenvalue weighted by molar-refractivity contribution is -0.139. The topological polar surface area (TPSA) is 110 Å². The van der Waals surface area contributed by atoms with Crippen molar-refractivity contribution in [1.29, 1.82) is 0 Å². The second kappa shape index (κ2) is 9.67. The van der Waals surface area contributed by atoms with Gasteiger partial charge in [-0.15, -0.1) is 0 Å². The molecule has 0 bridgehead atoms. The van der Waals surface area contributed by atoms with Crippen molar-refractivity contribution in [1.82, 2.24) is 10.2 Å². The fraction of sp³-hybridized carbons (Fsp3) is 0.818. The predicted octanol–water partition coefficient (Wildman–Crippen LogP) is -0.374. The molecular weight excluding hydrogens is 240 g/mol. The Morgan fingerprint density at radius 1 is 1.22 bits per heavy atom. The van der Waals surface area contributed by atoms with E-state index in [9.17, 15) is 9.59 Å². The van der Waals surface area contributed by atoms with E-state index in [4.69, 9.17) is 15.3 Å². The first-order valence-electron chi connectivity index (χ1n) is 6.06. The number of aliphatic hydroxyl groups excluding tert-OH is 2. The fourth-order valence-corrected chi connectivity index (χ4v) is 1.46. The summed E-state index contributed by atoms with van der Waals surface area (Å²) in [5, 5.41) is 28.9. The molecule has 2 amide bonds. The Bertz CT molecular complexity index is 254. The van der Waals surface area contributed by atoms with Crippen molar-refractivity contribution < 1.29 is 24.9 Å². The van der Waals surface area contributed by atoms with Gasteiger partial charge in [0.05, 0.1) is 13.2 Å². The van der Waals surface area contributed by atoms with Gasteiger partial charge in [-0.3, -0.25) is 0 Å². The zero-order valence-electron chi connectivity index (χ0n) is 10.6. The number of hydrogen-bond donors (Lipinski definition) is 4. The van der Waals surface area contributed by atoms with Gasteiger partial charge < -0.3 is 25.5 Å². The van der Waals surface area contributed by atoms with E-state index in [1.54, 1.807) is 0 Å². The van der Waals surface area contributed by atoms with Crippen LogP contribution >= 0.6 is 0 Å².